The smallest absolute Gasteiger partial charge is 0.0756 e. The lowest BCUT2D eigenvalue weighted by Gasteiger charge is -2.20. The Bertz CT molecular complexity index is 319. The third-order valence-electron chi connectivity index (χ3n) is 3.11. The summed E-state index contributed by atoms with van der Waals surface area (Å²) in [5.74, 6) is 0.742. The van der Waals surface area contributed by atoms with Crippen LogP contribution in [0.5, 0.6) is 0 Å². The number of hydrogen-bond donors (Lipinski definition) is 1. The molecule has 18 heavy (non-hydrogen) atoms. The second-order valence-corrected chi connectivity index (χ2v) is 5.36. The Kier molecular flexibility index (Phi) is 6.94. The first-order valence-corrected chi connectivity index (χ1v) is 7.30. The fourth-order valence-corrected chi connectivity index (χ4v) is 2.09. The molecule has 0 fully saturated rings. The molecule has 0 aliphatic carbocycles. The second kappa shape index (κ2) is 8.25. The van der Waals surface area contributed by atoms with Gasteiger partial charge in [0.1, 0.15) is 0 Å². The first kappa shape index (κ1) is 15.2. The molecule has 1 unspecified atom stereocenters. The van der Waals surface area contributed by atoms with Crippen LogP contribution in [0.2, 0.25) is 0 Å². The van der Waals surface area contributed by atoms with Gasteiger partial charge in [-0.25, -0.2) is 4.68 Å². The largest absolute Gasteiger partial charge is 0.309 e. The molecule has 1 N–H and O–H groups in total. The highest BCUT2D eigenvalue weighted by Crippen LogP contribution is 2.20. The number of rotatable bonds is 9. The van der Waals surface area contributed by atoms with Crippen molar-refractivity contribution in [3.8, 4) is 0 Å². The summed E-state index contributed by atoms with van der Waals surface area (Å²) in [6.07, 6.45) is 6.57. The minimum Gasteiger partial charge on any atom is -0.309 e. The number of aromatic nitrogens is 3. The normalized spacial score (nSPS) is 13.2. The number of aryl methyl sites for hydroxylation is 1. The van der Waals surface area contributed by atoms with Gasteiger partial charge in [-0.1, -0.05) is 32.9 Å². The Hall–Kier alpha value is -0.900. The van der Waals surface area contributed by atoms with Crippen LogP contribution in [0.25, 0.3) is 0 Å². The molecular weight excluding hydrogens is 224 g/mol. The Labute approximate surface area is 111 Å². The van der Waals surface area contributed by atoms with Crippen LogP contribution in [0.1, 0.15) is 65.1 Å². The summed E-state index contributed by atoms with van der Waals surface area (Å²) in [5.41, 5.74) is 1.24. The molecule has 1 rings (SSSR count). The maximum Gasteiger partial charge on any atom is 0.0756 e. The molecular formula is C14H28N4. The van der Waals surface area contributed by atoms with Crippen molar-refractivity contribution in [1.29, 1.82) is 0 Å². The zero-order valence-electron chi connectivity index (χ0n) is 12.3. The molecule has 0 aromatic carbocycles. The average molecular weight is 252 g/mol. The van der Waals surface area contributed by atoms with Crippen LogP contribution in [0.15, 0.2) is 6.20 Å². The first-order chi connectivity index (χ1) is 8.69. The van der Waals surface area contributed by atoms with Gasteiger partial charge in [0, 0.05) is 6.54 Å². The summed E-state index contributed by atoms with van der Waals surface area (Å²) in [7, 11) is 0. The Morgan fingerprint density at radius 2 is 2.00 bits per heavy atom. The molecule has 0 spiro atoms. The van der Waals surface area contributed by atoms with Gasteiger partial charge >= 0.3 is 0 Å². The SMILES string of the molecule is CCCNC(CCC(C)C)c1cnnn1CCC. The zero-order valence-corrected chi connectivity index (χ0v) is 12.3. The molecule has 4 nitrogen and oxygen atoms in total. The van der Waals surface area contributed by atoms with Gasteiger partial charge in [0.05, 0.1) is 17.9 Å². The van der Waals surface area contributed by atoms with E-state index < -0.39 is 0 Å². The maximum absolute atomic E-state index is 4.19. The fraction of sp³-hybridized carbons (Fsp3) is 0.857. The monoisotopic (exact) mass is 252 g/mol. The van der Waals surface area contributed by atoms with Gasteiger partial charge in [-0.3, -0.25) is 0 Å². The Morgan fingerprint density at radius 1 is 1.22 bits per heavy atom. The number of hydrogen-bond acceptors (Lipinski definition) is 3. The molecule has 0 saturated heterocycles. The molecule has 4 heteroatoms. The van der Waals surface area contributed by atoms with E-state index in [1.807, 2.05) is 10.9 Å². The summed E-state index contributed by atoms with van der Waals surface area (Å²) in [6, 6.07) is 0.397. The molecule has 0 bridgehead atoms. The molecule has 104 valence electrons. The van der Waals surface area contributed by atoms with Gasteiger partial charge in [-0.2, -0.15) is 0 Å². The van der Waals surface area contributed by atoms with Crippen molar-refractivity contribution >= 4 is 0 Å². The summed E-state index contributed by atoms with van der Waals surface area (Å²) in [5, 5.41) is 11.9. The van der Waals surface area contributed by atoms with E-state index in [9.17, 15) is 0 Å². The van der Waals surface area contributed by atoms with Crippen LogP contribution in [-0.4, -0.2) is 21.5 Å². The van der Waals surface area contributed by atoms with Crippen molar-refractivity contribution in [3.05, 3.63) is 11.9 Å². The van der Waals surface area contributed by atoms with E-state index in [1.165, 1.54) is 12.1 Å². The highest BCUT2D eigenvalue weighted by molar-refractivity contribution is 5.02. The van der Waals surface area contributed by atoms with Crippen molar-refractivity contribution in [2.75, 3.05) is 6.54 Å². The maximum atomic E-state index is 4.19. The first-order valence-electron chi connectivity index (χ1n) is 7.30. The number of nitrogens with one attached hydrogen (secondary N) is 1. The van der Waals surface area contributed by atoms with Crippen LogP contribution in [0.3, 0.4) is 0 Å². The lowest BCUT2D eigenvalue weighted by molar-refractivity contribution is 0.410. The van der Waals surface area contributed by atoms with Gasteiger partial charge in [0.15, 0.2) is 0 Å². The van der Waals surface area contributed by atoms with Crippen LogP contribution in [0.4, 0.5) is 0 Å². The minimum atomic E-state index is 0.397. The molecule has 0 aliphatic heterocycles. The molecule has 0 radical (unpaired) electrons. The van der Waals surface area contributed by atoms with Crippen molar-refractivity contribution < 1.29 is 0 Å². The van der Waals surface area contributed by atoms with Crippen molar-refractivity contribution in [2.45, 2.75) is 66.0 Å². The van der Waals surface area contributed by atoms with Crippen molar-refractivity contribution in [3.63, 3.8) is 0 Å². The molecule has 1 aromatic rings. The third-order valence-corrected chi connectivity index (χ3v) is 3.11. The van der Waals surface area contributed by atoms with Gasteiger partial charge in [-0.15, -0.1) is 5.10 Å². The zero-order chi connectivity index (χ0) is 13.4. The highest BCUT2D eigenvalue weighted by Gasteiger charge is 2.16. The van der Waals surface area contributed by atoms with Crippen LogP contribution in [-0.2, 0) is 6.54 Å². The van der Waals surface area contributed by atoms with E-state index in [4.69, 9.17) is 0 Å². The summed E-state index contributed by atoms with van der Waals surface area (Å²) < 4.78 is 2.05. The average Bonchev–Trinajstić information content (AvgIpc) is 2.78. The summed E-state index contributed by atoms with van der Waals surface area (Å²) >= 11 is 0. The predicted molar refractivity (Wildman–Crippen MR) is 75.4 cm³/mol. The van der Waals surface area contributed by atoms with Crippen molar-refractivity contribution in [2.24, 2.45) is 5.92 Å². The highest BCUT2D eigenvalue weighted by atomic mass is 15.4. The van der Waals surface area contributed by atoms with Gasteiger partial charge in [-0.05, 0) is 38.1 Å². The lowest BCUT2D eigenvalue weighted by Crippen LogP contribution is -2.25. The standard InChI is InChI=1S/C14H28N4/c1-5-9-15-13(8-7-12(3)4)14-11-16-17-18(14)10-6-2/h11-13,15H,5-10H2,1-4H3. The molecule has 1 atom stereocenters. The lowest BCUT2D eigenvalue weighted by atomic mass is 10.0. The van der Waals surface area contributed by atoms with Gasteiger partial charge < -0.3 is 5.32 Å². The van der Waals surface area contributed by atoms with Gasteiger partial charge in [0.25, 0.3) is 0 Å². The van der Waals surface area contributed by atoms with Crippen LogP contribution in [0, 0.1) is 5.92 Å². The quantitative estimate of drug-likeness (QED) is 0.734. The van der Waals surface area contributed by atoms with E-state index in [2.05, 4.69) is 43.3 Å². The van der Waals surface area contributed by atoms with E-state index in [1.54, 1.807) is 0 Å². The minimum absolute atomic E-state index is 0.397. The molecule has 0 aliphatic rings. The molecule has 0 amide bonds. The summed E-state index contributed by atoms with van der Waals surface area (Å²) in [6.45, 7) is 10.9. The van der Waals surface area contributed by atoms with Crippen LogP contribution >= 0.6 is 0 Å². The van der Waals surface area contributed by atoms with Crippen molar-refractivity contribution in [1.82, 2.24) is 20.3 Å². The number of nitrogens with zero attached hydrogens (tertiary/aromatic N) is 3. The van der Waals surface area contributed by atoms with Crippen LogP contribution < -0.4 is 5.32 Å². The summed E-state index contributed by atoms with van der Waals surface area (Å²) in [4.78, 5) is 0. The van der Waals surface area contributed by atoms with Gasteiger partial charge in [0.2, 0.25) is 0 Å². The second-order valence-electron chi connectivity index (χ2n) is 5.36. The topological polar surface area (TPSA) is 42.7 Å². The Balaban J connectivity index is 2.69. The molecule has 1 heterocycles. The fourth-order valence-electron chi connectivity index (χ4n) is 2.09. The van der Waals surface area contributed by atoms with E-state index in [0.29, 0.717) is 6.04 Å². The van der Waals surface area contributed by atoms with E-state index in [0.717, 1.165) is 38.3 Å². The molecule has 0 saturated carbocycles. The predicted octanol–water partition coefficient (Wildman–Crippen LogP) is 3.17. The third kappa shape index (κ3) is 4.77. The molecule has 1 aromatic heterocycles. The Morgan fingerprint density at radius 3 is 2.61 bits per heavy atom. The van der Waals surface area contributed by atoms with E-state index >= 15 is 0 Å². The van der Waals surface area contributed by atoms with E-state index in [-0.39, 0.29) is 0 Å².